The Morgan fingerprint density at radius 1 is 0.795 bits per heavy atom. The molecule has 2 radical (unpaired) electrons. The number of carbonyl (C=O) groups excluding carboxylic acids is 2. The second-order valence-electron chi connectivity index (χ2n) is 8.41. The molecule has 39 heavy (non-hydrogen) atoms. The molecule has 0 saturated heterocycles. The largest absolute Gasteiger partial charge is 0.493 e. The third kappa shape index (κ3) is 6.12. The summed E-state index contributed by atoms with van der Waals surface area (Å²) in [5.41, 5.74) is 2.24. The van der Waals surface area contributed by atoms with Gasteiger partial charge in [-0.25, -0.2) is 0 Å². The van der Waals surface area contributed by atoms with Gasteiger partial charge in [-0.15, -0.1) is 0 Å². The van der Waals surface area contributed by atoms with Crippen LogP contribution < -0.4 is 35.6 Å². The van der Waals surface area contributed by atoms with Crippen LogP contribution in [0.25, 0.3) is 10.9 Å². The minimum absolute atomic E-state index is 0.0621. The van der Waals surface area contributed by atoms with Crippen molar-refractivity contribution in [2.24, 2.45) is 0 Å². The highest BCUT2D eigenvalue weighted by atomic mass is 16.5. The number of nitrogens with one attached hydrogen (secondary N) is 3. The SMILES string of the molecule is [B]c1cc(NC(=O)/C(C(=O)Nc2ccccc2)=C(\C)NC)ccc1Oc1ccnc2cc(OC)c(OC)cc12. The molecule has 0 spiro atoms. The van der Waals surface area contributed by atoms with Crippen LogP contribution in [0, 0.1) is 0 Å². The van der Waals surface area contributed by atoms with Crippen LogP contribution in [0.1, 0.15) is 6.92 Å². The van der Waals surface area contributed by atoms with E-state index in [1.807, 2.05) is 6.07 Å². The first kappa shape index (κ1) is 27.1. The highest BCUT2D eigenvalue weighted by Crippen LogP contribution is 2.36. The van der Waals surface area contributed by atoms with Crippen molar-refractivity contribution >= 4 is 47.4 Å². The first-order valence-electron chi connectivity index (χ1n) is 12.0. The predicted octanol–water partition coefficient (Wildman–Crippen LogP) is 3.91. The Hall–Kier alpha value is -4.99. The smallest absolute Gasteiger partial charge is 0.263 e. The Balaban J connectivity index is 1.55. The summed E-state index contributed by atoms with van der Waals surface area (Å²) in [6.45, 7) is 1.65. The topological polar surface area (TPSA) is 111 Å². The lowest BCUT2D eigenvalue weighted by molar-refractivity contribution is -0.118. The quantitative estimate of drug-likeness (QED) is 0.132. The molecule has 3 aromatic carbocycles. The van der Waals surface area contributed by atoms with Crippen molar-refractivity contribution in [3.8, 4) is 23.0 Å². The van der Waals surface area contributed by atoms with Crippen molar-refractivity contribution in [2.75, 3.05) is 31.9 Å². The molecular formula is C29H27BN4O5. The van der Waals surface area contributed by atoms with Gasteiger partial charge in [0.25, 0.3) is 11.8 Å². The first-order chi connectivity index (χ1) is 18.8. The summed E-state index contributed by atoms with van der Waals surface area (Å²) in [6, 6.07) is 19.0. The van der Waals surface area contributed by atoms with Crippen LogP contribution in [-0.2, 0) is 9.59 Å². The molecule has 0 saturated carbocycles. The zero-order valence-corrected chi connectivity index (χ0v) is 22.0. The molecule has 1 heterocycles. The van der Waals surface area contributed by atoms with Crippen molar-refractivity contribution in [2.45, 2.75) is 6.92 Å². The number of methoxy groups -OCH3 is 2. The number of hydrogen-bond donors (Lipinski definition) is 3. The summed E-state index contributed by atoms with van der Waals surface area (Å²) in [7, 11) is 11.0. The maximum absolute atomic E-state index is 13.1. The van der Waals surface area contributed by atoms with Crippen LogP contribution in [0.15, 0.2) is 84.2 Å². The molecule has 9 nitrogen and oxygen atoms in total. The average Bonchev–Trinajstić information content (AvgIpc) is 2.94. The summed E-state index contributed by atoms with van der Waals surface area (Å²) in [4.78, 5) is 30.4. The maximum atomic E-state index is 13.1. The van der Waals surface area contributed by atoms with Crippen molar-refractivity contribution in [1.29, 1.82) is 0 Å². The van der Waals surface area contributed by atoms with E-state index < -0.39 is 11.8 Å². The van der Waals surface area contributed by atoms with E-state index in [9.17, 15) is 9.59 Å². The van der Waals surface area contributed by atoms with Gasteiger partial charge in [0.1, 0.15) is 24.9 Å². The van der Waals surface area contributed by atoms with Crippen LogP contribution in [-0.4, -0.2) is 45.9 Å². The molecule has 196 valence electrons. The van der Waals surface area contributed by atoms with E-state index in [-0.39, 0.29) is 11.0 Å². The molecular weight excluding hydrogens is 495 g/mol. The highest BCUT2D eigenvalue weighted by Gasteiger charge is 2.22. The third-order valence-corrected chi connectivity index (χ3v) is 5.93. The number of pyridine rings is 1. The van der Waals surface area contributed by atoms with E-state index in [1.165, 1.54) is 0 Å². The molecule has 0 aliphatic heterocycles. The lowest BCUT2D eigenvalue weighted by Crippen LogP contribution is -2.29. The van der Waals surface area contributed by atoms with Crippen molar-refractivity contribution in [1.82, 2.24) is 10.3 Å². The average molecular weight is 522 g/mol. The predicted molar refractivity (Wildman–Crippen MR) is 152 cm³/mol. The minimum atomic E-state index is -0.593. The number of nitrogens with zero attached hydrogens (tertiary/aromatic N) is 1. The van der Waals surface area contributed by atoms with Crippen LogP contribution >= 0.6 is 0 Å². The maximum Gasteiger partial charge on any atom is 0.263 e. The molecule has 2 amide bonds. The lowest BCUT2D eigenvalue weighted by atomic mass is 9.94. The van der Waals surface area contributed by atoms with E-state index >= 15 is 0 Å². The van der Waals surface area contributed by atoms with E-state index in [2.05, 4.69) is 20.9 Å². The van der Waals surface area contributed by atoms with Gasteiger partial charge in [0, 0.05) is 41.8 Å². The number of benzene rings is 3. The summed E-state index contributed by atoms with van der Waals surface area (Å²) >= 11 is 0. The highest BCUT2D eigenvalue weighted by molar-refractivity contribution is 6.35. The molecule has 0 unspecified atom stereocenters. The molecule has 1 aromatic heterocycles. The fraction of sp³-hybridized carbons (Fsp3) is 0.138. The molecule has 0 aliphatic carbocycles. The van der Waals surface area contributed by atoms with Gasteiger partial charge in [-0.2, -0.15) is 0 Å². The summed E-state index contributed by atoms with van der Waals surface area (Å²) in [5, 5.41) is 9.05. The number of para-hydroxylation sites is 1. The standard InChI is InChI=1S/C29H27BN4O5/c1-17(31-2)27(28(35)33-18-8-6-5-7-9-18)29(36)34-19-10-11-24(21(30)14-19)39-23-12-13-32-22-16-26(38-4)25(37-3)15-20(22)23/h5-16,31H,1-4H3,(H,33,35)(H,34,36)/b27-17+. The van der Waals surface area contributed by atoms with Gasteiger partial charge in [0.15, 0.2) is 11.5 Å². The van der Waals surface area contributed by atoms with Gasteiger partial charge in [0.2, 0.25) is 0 Å². The molecule has 4 rings (SSSR count). The normalized spacial score (nSPS) is 11.3. The number of rotatable bonds is 9. The van der Waals surface area contributed by atoms with Crippen molar-refractivity contribution in [3.63, 3.8) is 0 Å². The van der Waals surface area contributed by atoms with E-state index in [0.29, 0.717) is 51.0 Å². The summed E-state index contributed by atoms with van der Waals surface area (Å²) in [6.07, 6.45) is 1.62. The van der Waals surface area contributed by atoms with Gasteiger partial charge in [-0.3, -0.25) is 14.6 Å². The first-order valence-corrected chi connectivity index (χ1v) is 12.0. The number of carbonyl (C=O) groups is 2. The van der Waals surface area contributed by atoms with Gasteiger partial charge < -0.3 is 30.2 Å². The molecule has 4 aromatic rings. The van der Waals surface area contributed by atoms with Crippen molar-refractivity contribution < 1.29 is 23.8 Å². The molecule has 0 fully saturated rings. The number of hydrogen-bond acceptors (Lipinski definition) is 7. The Morgan fingerprint density at radius 2 is 1.46 bits per heavy atom. The molecule has 3 N–H and O–H groups in total. The van der Waals surface area contributed by atoms with Crippen LogP contribution in [0.2, 0.25) is 0 Å². The number of ether oxygens (including phenoxy) is 3. The zero-order valence-electron chi connectivity index (χ0n) is 22.0. The second-order valence-corrected chi connectivity index (χ2v) is 8.41. The van der Waals surface area contributed by atoms with Crippen LogP contribution in [0.4, 0.5) is 11.4 Å². The molecule has 0 aliphatic rings. The Kier molecular flexibility index (Phi) is 8.35. The lowest BCUT2D eigenvalue weighted by Gasteiger charge is -2.15. The Morgan fingerprint density at radius 3 is 2.10 bits per heavy atom. The molecule has 10 heteroatoms. The van der Waals surface area contributed by atoms with E-state index in [4.69, 9.17) is 22.1 Å². The zero-order chi connectivity index (χ0) is 27.9. The van der Waals surface area contributed by atoms with Crippen LogP contribution in [0.3, 0.4) is 0 Å². The second kappa shape index (κ2) is 12.0. The van der Waals surface area contributed by atoms with E-state index in [1.54, 1.807) is 95.1 Å². The number of aromatic nitrogens is 1. The van der Waals surface area contributed by atoms with E-state index in [0.717, 1.165) is 0 Å². The third-order valence-electron chi connectivity index (χ3n) is 5.93. The van der Waals surface area contributed by atoms with Crippen molar-refractivity contribution in [3.05, 3.63) is 84.2 Å². The number of fused-ring (bicyclic) bond motifs is 1. The molecule has 0 bridgehead atoms. The van der Waals surface area contributed by atoms with Gasteiger partial charge in [-0.05, 0) is 49.4 Å². The Bertz CT molecular complexity index is 1560. The number of amides is 2. The fourth-order valence-corrected chi connectivity index (χ4v) is 3.85. The van der Waals surface area contributed by atoms with Gasteiger partial charge >= 0.3 is 0 Å². The monoisotopic (exact) mass is 522 g/mol. The van der Waals surface area contributed by atoms with Gasteiger partial charge in [0.05, 0.1) is 19.7 Å². The Labute approximate surface area is 227 Å². The summed E-state index contributed by atoms with van der Waals surface area (Å²) in [5.74, 6) is 0.829. The van der Waals surface area contributed by atoms with Gasteiger partial charge in [-0.1, -0.05) is 23.7 Å². The fourth-order valence-electron chi connectivity index (χ4n) is 3.85. The number of anilines is 2. The molecule has 0 atom stereocenters. The minimum Gasteiger partial charge on any atom is -0.493 e. The van der Waals surface area contributed by atoms with Crippen LogP contribution in [0.5, 0.6) is 23.0 Å². The number of allylic oxidation sites excluding steroid dienone is 1. The summed E-state index contributed by atoms with van der Waals surface area (Å²) < 4.78 is 16.9.